The molecule has 19 heavy (non-hydrogen) atoms. The van der Waals surface area contributed by atoms with Crippen molar-refractivity contribution in [2.24, 2.45) is 0 Å². The maximum atomic E-state index is 11.5. The van der Waals surface area contributed by atoms with Crippen LogP contribution in [0.3, 0.4) is 0 Å². The molecule has 1 heterocycles. The molecule has 0 saturated carbocycles. The predicted octanol–water partition coefficient (Wildman–Crippen LogP) is 2.83. The van der Waals surface area contributed by atoms with Crippen LogP contribution in [-0.2, 0) is 10.0 Å². The van der Waals surface area contributed by atoms with Crippen molar-refractivity contribution >= 4 is 21.4 Å². The topological polar surface area (TPSA) is 49.4 Å². The first kappa shape index (κ1) is 14.2. The fourth-order valence-corrected chi connectivity index (χ4v) is 2.96. The van der Waals surface area contributed by atoms with Gasteiger partial charge in [0.2, 0.25) is 10.0 Å². The maximum absolute atomic E-state index is 11.5. The molecule has 0 aromatic heterocycles. The Morgan fingerprint density at radius 1 is 1.05 bits per heavy atom. The third-order valence-electron chi connectivity index (χ3n) is 3.49. The molecular weight excluding hydrogens is 260 g/mol. The van der Waals surface area contributed by atoms with E-state index >= 15 is 0 Å². The molecule has 1 saturated heterocycles. The summed E-state index contributed by atoms with van der Waals surface area (Å²) in [6, 6.07) is 7.68. The van der Waals surface area contributed by atoms with Gasteiger partial charge in [0.1, 0.15) is 0 Å². The van der Waals surface area contributed by atoms with Gasteiger partial charge in [0, 0.05) is 24.5 Å². The van der Waals surface area contributed by atoms with Crippen LogP contribution in [0.4, 0.5) is 11.4 Å². The van der Waals surface area contributed by atoms with Gasteiger partial charge >= 0.3 is 0 Å². The zero-order valence-corrected chi connectivity index (χ0v) is 12.2. The lowest BCUT2D eigenvalue weighted by molar-refractivity contribution is 0.602. The highest BCUT2D eigenvalue weighted by atomic mass is 32.2. The summed E-state index contributed by atoms with van der Waals surface area (Å²) in [6.45, 7) is 3.83. The van der Waals surface area contributed by atoms with Crippen LogP contribution >= 0.6 is 0 Å². The molecule has 1 fully saturated rings. The van der Waals surface area contributed by atoms with E-state index in [4.69, 9.17) is 0 Å². The Bertz CT molecular complexity index is 489. The van der Waals surface area contributed by atoms with Crippen molar-refractivity contribution in [3.05, 3.63) is 24.3 Å². The van der Waals surface area contributed by atoms with E-state index in [9.17, 15) is 8.42 Å². The number of nitrogens with zero attached hydrogens (tertiary/aromatic N) is 1. The summed E-state index contributed by atoms with van der Waals surface area (Å²) in [5.41, 5.74) is 1.82. The molecule has 0 unspecified atom stereocenters. The van der Waals surface area contributed by atoms with Crippen LogP contribution in [-0.4, -0.2) is 27.3 Å². The Balaban J connectivity index is 2.05. The third-order valence-corrected chi connectivity index (χ3v) is 4.80. The Morgan fingerprint density at radius 2 is 1.63 bits per heavy atom. The number of hydrogen-bond acceptors (Lipinski definition) is 3. The lowest BCUT2D eigenvalue weighted by atomic mass is 10.2. The van der Waals surface area contributed by atoms with Gasteiger partial charge < -0.3 is 4.90 Å². The molecule has 0 amide bonds. The molecule has 0 radical (unpaired) electrons. The van der Waals surface area contributed by atoms with Gasteiger partial charge in [-0.05, 0) is 44.0 Å². The van der Waals surface area contributed by atoms with Crippen molar-refractivity contribution in [1.29, 1.82) is 0 Å². The fourth-order valence-electron chi connectivity index (χ4n) is 2.32. The minimum atomic E-state index is -3.18. The molecule has 4 nitrogen and oxygen atoms in total. The lowest BCUT2D eigenvalue weighted by Crippen LogP contribution is -2.23. The van der Waals surface area contributed by atoms with Crippen molar-refractivity contribution in [2.45, 2.75) is 32.6 Å². The van der Waals surface area contributed by atoms with Gasteiger partial charge in [-0.25, -0.2) is 8.42 Å². The molecule has 0 atom stereocenters. The molecule has 0 aliphatic carbocycles. The molecule has 5 heteroatoms. The van der Waals surface area contributed by atoms with Crippen LogP contribution < -0.4 is 9.62 Å². The average Bonchev–Trinajstić information content (AvgIpc) is 2.68. The molecule has 1 aromatic carbocycles. The van der Waals surface area contributed by atoms with Gasteiger partial charge in [-0.2, -0.15) is 0 Å². The van der Waals surface area contributed by atoms with Gasteiger partial charge in [0.05, 0.1) is 5.75 Å². The molecule has 2 rings (SSSR count). The Hall–Kier alpha value is -1.23. The van der Waals surface area contributed by atoms with Crippen LogP contribution in [0.15, 0.2) is 24.3 Å². The number of benzene rings is 1. The zero-order valence-electron chi connectivity index (χ0n) is 11.4. The highest BCUT2D eigenvalue weighted by Gasteiger charge is 2.10. The lowest BCUT2D eigenvalue weighted by Gasteiger charge is -2.22. The summed E-state index contributed by atoms with van der Waals surface area (Å²) in [6.07, 6.45) is 5.10. The van der Waals surface area contributed by atoms with E-state index in [0.717, 1.165) is 13.1 Å². The number of anilines is 2. The molecule has 0 bridgehead atoms. The second kappa shape index (κ2) is 6.28. The standard InChI is InChI=1S/C14H22N2O2S/c1-2-19(17,18)15-13-7-9-14(10-8-13)16-11-5-3-4-6-12-16/h7-10,15H,2-6,11-12H2,1H3. The van der Waals surface area contributed by atoms with E-state index in [1.54, 1.807) is 6.92 Å². The summed E-state index contributed by atoms with van der Waals surface area (Å²) < 4.78 is 25.5. The van der Waals surface area contributed by atoms with Crippen LogP contribution in [0.25, 0.3) is 0 Å². The molecule has 1 aromatic rings. The van der Waals surface area contributed by atoms with Gasteiger partial charge in [-0.3, -0.25) is 4.72 Å². The summed E-state index contributed by atoms with van der Waals surface area (Å²) >= 11 is 0. The third kappa shape index (κ3) is 4.13. The first-order valence-electron chi connectivity index (χ1n) is 6.96. The van der Waals surface area contributed by atoms with E-state index in [-0.39, 0.29) is 5.75 Å². The SMILES string of the molecule is CCS(=O)(=O)Nc1ccc(N2CCCCCC2)cc1. The zero-order chi connectivity index (χ0) is 13.7. The largest absolute Gasteiger partial charge is 0.372 e. The molecule has 1 N–H and O–H groups in total. The van der Waals surface area contributed by atoms with Gasteiger partial charge in [0.15, 0.2) is 0 Å². The quantitative estimate of drug-likeness (QED) is 0.924. The Labute approximate surface area is 115 Å². The molecule has 0 spiro atoms. The first-order valence-corrected chi connectivity index (χ1v) is 8.61. The van der Waals surface area contributed by atoms with Crippen molar-refractivity contribution in [3.63, 3.8) is 0 Å². The first-order chi connectivity index (χ1) is 9.11. The highest BCUT2D eigenvalue weighted by molar-refractivity contribution is 7.92. The average molecular weight is 282 g/mol. The smallest absolute Gasteiger partial charge is 0.232 e. The van der Waals surface area contributed by atoms with E-state index in [2.05, 4.69) is 9.62 Å². The summed E-state index contributed by atoms with van der Waals surface area (Å²) in [7, 11) is -3.18. The van der Waals surface area contributed by atoms with Crippen molar-refractivity contribution in [2.75, 3.05) is 28.5 Å². The molecule has 1 aliphatic rings. The minimum absolute atomic E-state index is 0.0981. The second-order valence-corrected chi connectivity index (χ2v) is 6.96. The number of rotatable bonds is 4. The monoisotopic (exact) mass is 282 g/mol. The molecule has 1 aliphatic heterocycles. The van der Waals surface area contributed by atoms with Gasteiger partial charge in [-0.15, -0.1) is 0 Å². The van der Waals surface area contributed by atoms with Crippen molar-refractivity contribution in [3.8, 4) is 0 Å². The summed E-state index contributed by atoms with van der Waals surface area (Å²) in [5.74, 6) is 0.0981. The van der Waals surface area contributed by atoms with Gasteiger partial charge in [-0.1, -0.05) is 12.8 Å². The number of hydrogen-bond donors (Lipinski definition) is 1. The van der Waals surface area contributed by atoms with E-state index in [1.807, 2.05) is 24.3 Å². The maximum Gasteiger partial charge on any atom is 0.232 e. The normalized spacial score (nSPS) is 17.0. The Kier molecular flexibility index (Phi) is 4.69. The van der Waals surface area contributed by atoms with Gasteiger partial charge in [0.25, 0.3) is 0 Å². The van der Waals surface area contributed by atoms with Crippen LogP contribution in [0.5, 0.6) is 0 Å². The highest BCUT2D eigenvalue weighted by Crippen LogP contribution is 2.22. The Morgan fingerprint density at radius 3 is 2.16 bits per heavy atom. The predicted molar refractivity (Wildman–Crippen MR) is 80.2 cm³/mol. The van der Waals surface area contributed by atoms with E-state index < -0.39 is 10.0 Å². The van der Waals surface area contributed by atoms with Crippen LogP contribution in [0.1, 0.15) is 32.6 Å². The fraction of sp³-hybridized carbons (Fsp3) is 0.571. The van der Waals surface area contributed by atoms with E-state index in [1.165, 1.54) is 31.4 Å². The summed E-state index contributed by atoms with van der Waals surface area (Å²) in [5, 5.41) is 0. The van der Waals surface area contributed by atoms with E-state index in [0.29, 0.717) is 5.69 Å². The second-order valence-electron chi connectivity index (χ2n) is 4.95. The van der Waals surface area contributed by atoms with Crippen LogP contribution in [0, 0.1) is 0 Å². The number of sulfonamides is 1. The minimum Gasteiger partial charge on any atom is -0.372 e. The van der Waals surface area contributed by atoms with Crippen molar-refractivity contribution < 1.29 is 8.42 Å². The van der Waals surface area contributed by atoms with Crippen molar-refractivity contribution in [1.82, 2.24) is 0 Å². The molecule has 106 valence electrons. The number of nitrogens with one attached hydrogen (secondary N) is 1. The molecular formula is C14H22N2O2S. The van der Waals surface area contributed by atoms with Crippen LogP contribution in [0.2, 0.25) is 0 Å². The summed E-state index contributed by atoms with van der Waals surface area (Å²) in [4.78, 5) is 2.38.